The second-order valence-electron chi connectivity index (χ2n) is 5.27. The average Bonchev–Trinajstić information content (AvgIpc) is 2.84. The van der Waals surface area contributed by atoms with Crippen LogP contribution in [0.25, 0.3) is 10.9 Å². The van der Waals surface area contributed by atoms with Crippen molar-refractivity contribution >= 4 is 10.9 Å². The first-order valence-electron chi connectivity index (χ1n) is 7.20. The smallest absolute Gasteiger partial charge is 0.0698 e. The lowest BCUT2D eigenvalue weighted by molar-refractivity contribution is 0.0875. The molecule has 0 fully saturated rings. The summed E-state index contributed by atoms with van der Waals surface area (Å²) in [6, 6.07) is 9.18. The third-order valence-electron chi connectivity index (χ3n) is 3.26. The molecule has 2 rings (SSSR count). The van der Waals surface area contributed by atoms with Gasteiger partial charge in [-0.25, -0.2) is 0 Å². The van der Waals surface area contributed by atoms with Gasteiger partial charge in [-0.3, -0.25) is 0 Å². The Balaban J connectivity index is 2.05. The summed E-state index contributed by atoms with van der Waals surface area (Å²) in [6.07, 6.45) is 2.09. The molecule has 110 valence electrons. The molecule has 20 heavy (non-hydrogen) atoms. The van der Waals surface area contributed by atoms with Crippen LogP contribution in [0.5, 0.6) is 0 Å². The fraction of sp³-hybridized carbons (Fsp3) is 0.500. The number of nitrogens with zero attached hydrogens (tertiary/aromatic N) is 1. The zero-order valence-corrected chi connectivity index (χ0v) is 12.3. The predicted octanol–water partition coefficient (Wildman–Crippen LogP) is 2.15. The van der Waals surface area contributed by atoms with Crippen LogP contribution >= 0.6 is 0 Å². The van der Waals surface area contributed by atoms with Gasteiger partial charge in [0.2, 0.25) is 0 Å². The van der Waals surface area contributed by atoms with Gasteiger partial charge in [0, 0.05) is 30.8 Å². The number of hydrogen-bond acceptors (Lipinski definition) is 3. The molecule has 0 atom stereocenters. The summed E-state index contributed by atoms with van der Waals surface area (Å²) in [5.41, 5.74) is 2.53. The van der Waals surface area contributed by atoms with Crippen molar-refractivity contribution in [2.24, 2.45) is 0 Å². The molecule has 1 aromatic heterocycles. The summed E-state index contributed by atoms with van der Waals surface area (Å²) in [7, 11) is 0. The molecule has 0 saturated heterocycles. The molecule has 0 aliphatic heterocycles. The Hall–Kier alpha value is -1.36. The van der Waals surface area contributed by atoms with Gasteiger partial charge < -0.3 is 19.7 Å². The van der Waals surface area contributed by atoms with E-state index in [1.807, 2.05) is 0 Å². The first kappa shape index (κ1) is 15.0. The van der Waals surface area contributed by atoms with Crippen molar-refractivity contribution in [3.8, 4) is 0 Å². The Morgan fingerprint density at radius 3 is 2.85 bits per heavy atom. The van der Waals surface area contributed by atoms with Gasteiger partial charge in [-0.05, 0) is 23.1 Å². The molecule has 2 N–H and O–H groups in total. The molecule has 4 heteroatoms. The zero-order valence-electron chi connectivity index (χ0n) is 12.3. The van der Waals surface area contributed by atoms with Crippen LogP contribution in [-0.4, -0.2) is 35.5 Å². The first-order chi connectivity index (χ1) is 9.70. The number of fused-ring (bicyclic) bond motifs is 1. The van der Waals surface area contributed by atoms with Crippen LogP contribution in [0.1, 0.15) is 19.4 Å². The number of aromatic nitrogens is 1. The molecule has 0 amide bonds. The summed E-state index contributed by atoms with van der Waals surface area (Å²) in [5.74, 6) is 0. The monoisotopic (exact) mass is 276 g/mol. The molecular formula is C16H24N2O2. The van der Waals surface area contributed by atoms with Gasteiger partial charge in [0.15, 0.2) is 0 Å². The highest BCUT2D eigenvalue weighted by Crippen LogP contribution is 2.18. The van der Waals surface area contributed by atoms with E-state index in [0.29, 0.717) is 19.3 Å². The molecule has 1 heterocycles. The van der Waals surface area contributed by atoms with Crippen LogP contribution in [0.15, 0.2) is 30.5 Å². The van der Waals surface area contributed by atoms with Gasteiger partial charge in [-0.15, -0.1) is 0 Å². The maximum atomic E-state index is 8.70. The summed E-state index contributed by atoms with van der Waals surface area (Å²) in [6.45, 7) is 7.11. The van der Waals surface area contributed by atoms with Gasteiger partial charge in [-0.1, -0.05) is 26.0 Å². The largest absolute Gasteiger partial charge is 0.394 e. The number of benzene rings is 1. The number of ether oxygens (including phenoxy) is 1. The fourth-order valence-corrected chi connectivity index (χ4v) is 2.19. The van der Waals surface area contributed by atoms with Crippen LogP contribution in [0.3, 0.4) is 0 Å². The lowest BCUT2D eigenvalue weighted by Crippen LogP contribution is -2.21. The quantitative estimate of drug-likeness (QED) is 0.726. The maximum absolute atomic E-state index is 8.70. The van der Waals surface area contributed by atoms with E-state index in [1.54, 1.807) is 0 Å². The molecule has 0 radical (unpaired) electrons. The van der Waals surface area contributed by atoms with Crippen molar-refractivity contribution in [3.63, 3.8) is 0 Å². The van der Waals surface area contributed by atoms with E-state index in [4.69, 9.17) is 9.84 Å². The van der Waals surface area contributed by atoms with Crippen molar-refractivity contribution in [3.05, 3.63) is 36.0 Å². The lowest BCUT2D eigenvalue weighted by Gasteiger charge is -2.10. The fourth-order valence-electron chi connectivity index (χ4n) is 2.19. The summed E-state index contributed by atoms with van der Waals surface area (Å²) in [5, 5.41) is 13.4. The van der Waals surface area contributed by atoms with Crippen LogP contribution in [0.4, 0.5) is 0 Å². The molecule has 4 nitrogen and oxygen atoms in total. The highest BCUT2D eigenvalue weighted by molar-refractivity contribution is 5.80. The third-order valence-corrected chi connectivity index (χ3v) is 3.26. The highest BCUT2D eigenvalue weighted by Gasteiger charge is 2.03. The summed E-state index contributed by atoms with van der Waals surface area (Å²) in [4.78, 5) is 0. The van der Waals surface area contributed by atoms with E-state index in [1.165, 1.54) is 16.5 Å². The van der Waals surface area contributed by atoms with Crippen LogP contribution in [0.2, 0.25) is 0 Å². The number of aliphatic hydroxyl groups excluding tert-OH is 1. The van der Waals surface area contributed by atoms with Crippen molar-refractivity contribution < 1.29 is 9.84 Å². The Kier molecular flexibility index (Phi) is 5.59. The average molecular weight is 276 g/mol. The number of nitrogens with one attached hydrogen (secondary N) is 1. The molecule has 1 aromatic carbocycles. The van der Waals surface area contributed by atoms with E-state index in [-0.39, 0.29) is 6.61 Å². The topological polar surface area (TPSA) is 46.4 Å². The molecular weight excluding hydrogens is 252 g/mol. The first-order valence-corrected chi connectivity index (χ1v) is 7.20. The van der Waals surface area contributed by atoms with Gasteiger partial charge >= 0.3 is 0 Å². The molecule has 2 aromatic rings. The van der Waals surface area contributed by atoms with E-state index in [0.717, 1.165) is 13.1 Å². The van der Waals surface area contributed by atoms with Gasteiger partial charge in [0.25, 0.3) is 0 Å². The van der Waals surface area contributed by atoms with Crippen molar-refractivity contribution in [1.82, 2.24) is 9.88 Å². The second-order valence-corrected chi connectivity index (χ2v) is 5.27. The molecule has 0 aliphatic carbocycles. The summed E-state index contributed by atoms with van der Waals surface area (Å²) < 4.78 is 7.53. The minimum absolute atomic E-state index is 0.0808. The van der Waals surface area contributed by atoms with E-state index in [9.17, 15) is 0 Å². The van der Waals surface area contributed by atoms with Crippen LogP contribution in [-0.2, 0) is 17.8 Å². The normalized spacial score (nSPS) is 11.6. The summed E-state index contributed by atoms with van der Waals surface area (Å²) >= 11 is 0. The molecule has 0 saturated carbocycles. The van der Waals surface area contributed by atoms with Crippen LogP contribution < -0.4 is 5.32 Å². The van der Waals surface area contributed by atoms with Crippen molar-refractivity contribution in [1.29, 1.82) is 0 Å². The van der Waals surface area contributed by atoms with Gasteiger partial charge in [0.1, 0.15) is 0 Å². The van der Waals surface area contributed by atoms with E-state index in [2.05, 4.69) is 54.2 Å². The Morgan fingerprint density at radius 1 is 1.25 bits per heavy atom. The minimum Gasteiger partial charge on any atom is -0.394 e. The Labute approximate surface area is 120 Å². The molecule has 0 aliphatic rings. The maximum Gasteiger partial charge on any atom is 0.0698 e. The number of rotatable bonds is 8. The standard InChI is InChI=1S/C16H24N2O2/c1-13(2)17-12-14-3-4-15-5-6-18(16(15)11-14)7-9-20-10-8-19/h3-6,11,13,17,19H,7-10,12H2,1-2H3. The number of aliphatic hydroxyl groups is 1. The van der Waals surface area contributed by atoms with Crippen LogP contribution in [0, 0.1) is 0 Å². The Bertz CT molecular complexity index is 534. The highest BCUT2D eigenvalue weighted by atomic mass is 16.5. The Morgan fingerprint density at radius 2 is 2.10 bits per heavy atom. The predicted molar refractivity (Wildman–Crippen MR) is 81.8 cm³/mol. The molecule has 0 bridgehead atoms. The SMILES string of the molecule is CC(C)NCc1ccc2ccn(CCOCCO)c2c1. The minimum atomic E-state index is 0.0808. The number of hydrogen-bond donors (Lipinski definition) is 2. The van der Waals surface area contributed by atoms with Gasteiger partial charge in [0.05, 0.1) is 19.8 Å². The van der Waals surface area contributed by atoms with Crippen molar-refractivity contribution in [2.75, 3.05) is 19.8 Å². The lowest BCUT2D eigenvalue weighted by atomic mass is 10.1. The van der Waals surface area contributed by atoms with Gasteiger partial charge in [-0.2, -0.15) is 0 Å². The molecule has 0 spiro atoms. The van der Waals surface area contributed by atoms with Crippen molar-refractivity contribution in [2.45, 2.75) is 33.0 Å². The van der Waals surface area contributed by atoms with E-state index >= 15 is 0 Å². The second kappa shape index (κ2) is 7.43. The molecule has 0 unspecified atom stereocenters. The van der Waals surface area contributed by atoms with E-state index < -0.39 is 0 Å². The third kappa shape index (κ3) is 4.07. The zero-order chi connectivity index (χ0) is 14.4.